The van der Waals surface area contributed by atoms with Crippen LogP contribution in [0.15, 0.2) is 64.7 Å². The van der Waals surface area contributed by atoms with Gasteiger partial charge in [0.25, 0.3) is 0 Å². The van der Waals surface area contributed by atoms with Gasteiger partial charge >= 0.3 is 0 Å². The highest BCUT2D eigenvalue weighted by molar-refractivity contribution is 6.07. The molecule has 29 heavy (non-hydrogen) atoms. The van der Waals surface area contributed by atoms with Crippen molar-refractivity contribution >= 4 is 11.5 Å². The highest BCUT2D eigenvalue weighted by Gasteiger charge is 2.31. The normalized spacial score (nSPS) is 17.1. The molecule has 154 valence electrons. The van der Waals surface area contributed by atoms with Crippen LogP contribution in [0.25, 0.3) is 0 Å². The van der Waals surface area contributed by atoms with Crippen LogP contribution in [0.4, 0.5) is 0 Å². The maximum atomic E-state index is 6.08. The van der Waals surface area contributed by atoms with Crippen LogP contribution in [-0.4, -0.2) is 54.3 Å². The zero-order valence-corrected chi connectivity index (χ0v) is 17.9. The van der Waals surface area contributed by atoms with Crippen molar-refractivity contribution in [1.29, 1.82) is 0 Å². The van der Waals surface area contributed by atoms with Gasteiger partial charge in [-0.3, -0.25) is 9.89 Å². The number of benzene rings is 2. The van der Waals surface area contributed by atoms with Crippen LogP contribution in [0.3, 0.4) is 0 Å². The summed E-state index contributed by atoms with van der Waals surface area (Å²) >= 11 is 0. The molecule has 0 aliphatic carbocycles. The zero-order valence-electron chi connectivity index (χ0n) is 17.9. The van der Waals surface area contributed by atoms with Crippen LogP contribution in [0.1, 0.15) is 42.9 Å². The van der Waals surface area contributed by atoms with E-state index in [0.717, 1.165) is 43.2 Å². The van der Waals surface area contributed by atoms with Crippen LogP contribution in [-0.2, 0) is 0 Å². The summed E-state index contributed by atoms with van der Waals surface area (Å²) in [5, 5.41) is 6.99. The second-order valence-corrected chi connectivity index (χ2v) is 7.53. The molecule has 0 radical (unpaired) electrons. The zero-order chi connectivity index (χ0) is 20.6. The lowest BCUT2D eigenvalue weighted by Gasteiger charge is -2.21. The van der Waals surface area contributed by atoms with Gasteiger partial charge < -0.3 is 5.73 Å². The van der Waals surface area contributed by atoms with Crippen LogP contribution in [0, 0.1) is 6.92 Å². The van der Waals surface area contributed by atoms with Gasteiger partial charge in [0.15, 0.2) is 0 Å². The average Bonchev–Trinajstić information content (AvgIpc) is 3.20. The summed E-state index contributed by atoms with van der Waals surface area (Å²) in [6, 6.07) is 19.2. The minimum absolute atomic E-state index is 0.202. The van der Waals surface area contributed by atoms with E-state index in [1.54, 1.807) is 0 Å². The van der Waals surface area contributed by atoms with Crippen molar-refractivity contribution in [2.24, 2.45) is 15.8 Å². The van der Waals surface area contributed by atoms with Gasteiger partial charge in [-0.1, -0.05) is 74.0 Å². The highest BCUT2D eigenvalue weighted by Crippen LogP contribution is 2.29. The Balaban J connectivity index is 1.89. The van der Waals surface area contributed by atoms with E-state index >= 15 is 0 Å². The number of hydrogen-bond acceptors (Lipinski definition) is 4. The third-order valence-electron chi connectivity index (χ3n) is 5.38. The molecule has 2 aromatic rings. The second-order valence-electron chi connectivity index (χ2n) is 7.53. The molecule has 0 spiro atoms. The summed E-state index contributed by atoms with van der Waals surface area (Å²) in [5.41, 5.74) is 10.8. The van der Waals surface area contributed by atoms with E-state index in [9.17, 15) is 0 Å². The molecule has 0 amide bonds. The molecular weight excluding hydrogens is 358 g/mol. The van der Waals surface area contributed by atoms with Crippen molar-refractivity contribution in [1.82, 2.24) is 9.91 Å². The van der Waals surface area contributed by atoms with E-state index in [4.69, 9.17) is 15.8 Å². The largest absolute Gasteiger partial charge is 0.324 e. The molecule has 2 N–H and O–H groups in total. The molecule has 2 aromatic carbocycles. The Morgan fingerprint density at radius 2 is 1.86 bits per heavy atom. The fraction of sp³-hybridized carbons (Fsp3) is 0.417. The first kappa shape index (κ1) is 21.2. The van der Waals surface area contributed by atoms with Crippen molar-refractivity contribution in [2.45, 2.75) is 33.1 Å². The number of aryl methyl sites for hydroxylation is 1. The lowest BCUT2D eigenvalue weighted by atomic mass is 9.90. The van der Waals surface area contributed by atoms with Crippen LogP contribution in [0.5, 0.6) is 0 Å². The van der Waals surface area contributed by atoms with Crippen molar-refractivity contribution in [3.8, 4) is 0 Å². The highest BCUT2D eigenvalue weighted by atomic mass is 15.5. The van der Waals surface area contributed by atoms with Gasteiger partial charge in [0.05, 0.1) is 25.5 Å². The summed E-state index contributed by atoms with van der Waals surface area (Å²) in [4.78, 5) is 7.15. The van der Waals surface area contributed by atoms with Gasteiger partial charge in [-0.15, -0.1) is 0 Å². The third kappa shape index (κ3) is 5.31. The summed E-state index contributed by atoms with van der Waals surface area (Å²) in [5.74, 6) is 1.05. The molecule has 1 atom stereocenters. The fourth-order valence-corrected chi connectivity index (χ4v) is 3.67. The van der Waals surface area contributed by atoms with E-state index in [-0.39, 0.29) is 5.92 Å². The van der Waals surface area contributed by atoms with Gasteiger partial charge in [-0.05, 0) is 37.6 Å². The van der Waals surface area contributed by atoms with Crippen LogP contribution in [0.2, 0.25) is 0 Å². The number of hydrogen-bond donors (Lipinski definition) is 1. The summed E-state index contributed by atoms with van der Waals surface area (Å²) in [6.07, 6.45) is 1.12. The molecule has 1 heterocycles. The summed E-state index contributed by atoms with van der Waals surface area (Å²) in [7, 11) is 0. The van der Waals surface area contributed by atoms with E-state index in [1.165, 1.54) is 11.1 Å². The van der Waals surface area contributed by atoms with E-state index in [0.29, 0.717) is 13.2 Å². The number of rotatable bonds is 8. The molecule has 0 bridgehead atoms. The van der Waals surface area contributed by atoms with Gasteiger partial charge in [-0.25, -0.2) is 5.01 Å². The first-order valence-electron chi connectivity index (χ1n) is 10.6. The van der Waals surface area contributed by atoms with E-state index in [1.807, 2.05) is 5.01 Å². The standard InChI is InChI=1S/C24H33N5/c1-4-15-28(5-2)18-26-23(16-25)29-17-22(20-9-7-6-8-10-20)24(27-29)21-13-11-19(3)12-14-21/h6-14,22H,4-5,15-18,25H2,1-3H3/b26-23+. The van der Waals surface area contributed by atoms with Gasteiger partial charge in [0.2, 0.25) is 0 Å². The minimum Gasteiger partial charge on any atom is -0.324 e. The van der Waals surface area contributed by atoms with Crippen LogP contribution < -0.4 is 5.73 Å². The molecule has 0 aromatic heterocycles. The molecular formula is C24H33N5. The smallest absolute Gasteiger partial charge is 0.135 e. The van der Waals surface area contributed by atoms with Crippen molar-refractivity contribution in [3.05, 3.63) is 71.3 Å². The molecule has 1 aliphatic rings. The average molecular weight is 392 g/mol. The number of nitrogens with two attached hydrogens (primary N) is 1. The SMILES string of the molecule is CCCN(CC)C/N=C(\CN)N1CC(c2ccccc2)C(c2ccc(C)cc2)=N1. The Kier molecular flexibility index (Phi) is 7.55. The fourth-order valence-electron chi connectivity index (χ4n) is 3.67. The molecule has 0 fully saturated rings. The molecule has 5 nitrogen and oxygen atoms in total. The predicted molar refractivity (Wildman–Crippen MR) is 122 cm³/mol. The monoisotopic (exact) mass is 391 g/mol. The van der Waals surface area contributed by atoms with E-state index in [2.05, 4.69) is 80.3 Å². The van der Waals surface area contributed by atoms with Crippen molar-refractivity contribution < 1.29 is 0 Å². The summed E-state index contributed by atoms with van der Waals surface area (Å²) in [6.45, 7) is 10.3. The third-order valence-corrected chi connectivity index (χ3v) is 5.38. The predicted octanol–water partition coefficient (Wildman–Crippen LogP) is 3.85. The maximum absolute atomic E-state index is 6.08. The quantitative estimate of drug-likeness (QED) is 0.549. The molecule has 1 unspecified atom stereocenters. The van der Waals surface area contributed by atoms with Crippen LogP contribution >= 0.6 is 0 Å². The Morgan fingerprint density at radius 3 is 2.48 bits per heavy atom. The molecule has 1 aliphatic heterocycles. The molecule has 3 rings (SSSR count). The second kappa shape index (κ2) is 10.3. The number of hydrazone groups is 1. The van der Waals surface area contributed by atoms with Crippen molar-refractivity contribution in [3.63, 3.8) is 0 Å². The first-order chi connectivity index (χ1) is 14.2. The Hall–Kier alpha value is -2.50. The molecule has 5 heteroatoms. The molecule has 0 saturated heterocycles. The Labute approximate surface area is 174 Å². The lowest BCUT2D eigenvalue weighted by molar-refractivity contribution is 0.296. The summed E-state index contributed by atoms with van der Waals surface area (Å²) < 4.78 is 0. The topological polar surface area (TPSA) is 57.2 Å². The Bertz CT molecular complexity index is 826. The Morgan fingerprint density at radius 1 is 1.14 bits per heavy atom. The van der Waals surface area contributed by atoms with Gasteiger partial charge in [0.1, 0.15) is 5.84 Å². The number of aliphatic imine (C=N–C) groups is 1. The van der Waals surface area contributed by atoms with Gasteiger partial charge in [-0.2, -0.15) is 5.10 Å². The minimum atomic E-state index is 0.202. The number of amidine groups is 1. The van der Waals surface area contributed by atoms with Crippen molar-refractivity contribution in [2.75, 3.05) is 32.8 Å². The van der Waals surface area contributed by atoms with Gasteiger partial charge in [0, 0.05) is 5.92 Å². The molecule has 0 saturated carbocycles. The first-order valence-corrected chi connectivity index (χ1v) is 10.6. The van der Waals surface area contributed by atoms with E-state index < -0.39 is 0 Å². The maximum Gasteiger partial charge on any atom is 0.135 e. The lowest BCUT2D eigenvalue weighted by Crippen LogP contribution is -2.34. The number of nitrogens with zero attached hydrogens (tertiary/aromatic N) is 4.